The zero-order chi connectivity index (χ0) is 18.2. The lowest BCUT2D eigenvalue weighted by Gasteiger charge is -2.13. The number of halogens is 1. The van der Waals surface area contributed by atoms with Gasteiger partial charge in [0, 0.05) is 0 Å². The first-order valence-corrected chi connectivity index (χ1v) is 7.36. The van der Waals surface area contributed by atoms with E-state index in [4.69, 9.17) is 9.84 Å². The van der Waals surface area contributed by atoms with Crippen molar-refractivity contribution in [2.75, 3.05) is 13.2 Å². The van der Waals surface area contributed by atoms with E-state index in [1.807, 2.05) is 0 Å². The fraction of sp³-hybridized carbons (Fsp3) is 0.250. The largest absolute Gasteiger partial charge is 0.480 e. The Morgan fingerprint density at radius 3 is 2.96 bits per heavy atom. The molecule has 0 aliphatic carbocycles. The van der Waals surface area contributed by atoms with Gasteiger partial charge in [0.15, 0.2) is 11.7 Å². The lowest BCUT2D eigenvalue weighted by molar-refractivity contribution is -0.140. The van der Waals surface area contributed by atoms with E-state index in [1.165, 1.54) is 29.1 Å². The molecule has 9 heteroatoms. The summed E-state index contributed by atoms with van der Waals surface area (Å²) >= 11 is 0. The number of carboxylic acids is 1. The lowest BCUT2D eigenvalue weighted by Crippen LogP contribution is -2.44. The summed E-state index contributed by atoms with van der Waals surface area (Å²) in [6.07, 6.45) is 2.82. The Morgan fingerprint density at radius 2 is 2.28 bits per heavy atom. The maximum Gasteiger partial charge on any atom is 0.328 e. The van der Waals surface area contributed by atoms with Crippen molar-refractivity contribution in [1.29, 1.82) is 0 Å². The standard InChI is InChI=1S/C16H17FN4O4/c1-2-6-25-10-14(16(23)24)18-15(22)13-9-21(20-19-13)8-11-4-3-5-12(17)7-11/h2-5,7,9,14H,1,6,8,10H2,(H,18,22)(H,23,24). The first-order chi connectivity index (χ1) is 12.0. The molecule has 2 rings (SSSR count). The molecule has 1 amide bonds. The van der Waals surface area contributed by atoms with Gasteiger partial charge >= 0.3 is 5.97 Å². The molecule has 1 unspecified atom stereocenters. The molecular weight excluding hydrogens is 331 g/mol. The number of benzene rings is 1. The van der Waals surface area contributed by atoms with Crippen molar-refractivity contribution in [2.24, 2.45) is 0 Å². The number of aliphatic carboxylic acids is 1. The van der Waals surface area contributed by atoms with Gasteiger partial charge in [0.25, 0.3) is 5.91 Å². The number of hydrogen-bond acceptors (Lipinski definition) is 5. The lowest BCUT2D eigenvalue weighted by atomic mass is 10.2. The summed E-state index contributed by atoms with van der Waals surface area (Å²) in [6.45, 7) is 3.64. The van der Waals surface area contributed by atoms with Gasteiger partial charge in [0.2, 0.25) is 0 Å². The van der Waals surface area contributed by atoms with Crippen LogP contribution >= 0.6 is 0 Å². The van der Waals surface area contributed by atoms with Crippen molar-refractivity contribution in [3.05, 3.63) is 60.2 Å². The third-order valence-corrected chi connectivity index (χ3v) is 3.13. The minimum Gasteiger partial charge on any atom is -0.480 e. The minimum atomic E-state index is -1.23. The third-order valence-electron chi connectivity index (χ3n) is 3.13. The van der Waals surface area contributed by atoms with Crippen LogP contribution in [0.4, 0.5) is 4.39 Å². The van der Waals surface area contributed by atoms with Crippen LogP contribution < -0.4 is 5.32 Å². The molecule has 25 heavy (non-hydrogen) atoms. The molecule has 0 aliphatic heterocycles. The number of ether oxygens (including phenoxy) is 1. The number of carbonyl (C=O) groups excluding carboxylic acids is 1. The van der Waals surface area contributed by atoms with Crippen molar-refractivity contribution in [1.82, 2.24) is 20.3 Å². The van der Waals surface area contributed by atoms with E-state index in [9.17, 15) is 14.0 Å². The normalized spacial score (nSPS) is 11.7. The smallest absolute Gasteiger partial charge is 0.328 e. The average Bonchev–Trinajstić information content (AvgIpc) is 3.02. The second-order valence-corrected chi connectivity index (χ2v) is 5.12. The summed E-state index contributed by atoms with van der Waals surface area (Å²) in [4.78, 5) is 23.2. The Bertz CT molecular complexity index is 762. The van der Waals surface area contributed by atoms with E-state index in [1.54, 1.807) is 12.1 Å². The zero-order valence-corrected chi connectivity index (χ0v) is 13.3. The van der Waals surface area contributed by atoms with Gasteiger partial charge < -0.3 is 15.2 Å². The van der Waals surface area contributed by atoms with Crippen molar-refractivity contribution in [3.8, 4) is 0 Å². The van der Waals surface area contributed by atoms with Gasteiger partial charge in [-0.3, -0.25) is 4.79 Å². The summed E-state index contributed by atoms with van der Waals surface area (Å²) < 4.78 is 19.6. The maximum atomic E-state index is 13.2. The molecule has 0 radical (unpaired) electrons. The Kier molecular flexibility index (Phi) is 6.35. The van der Waals surface area contributed by atoms with Crippen LogP contribution in [0.5, 0.6) is 0 Å². The number of hydrogen-bond donors (Lipinski definition) is 2. The van der Waals surface area contributed by atoms with Crippen LogP contribution in [-0.4, -0.2) is 51.2 Å². The summed E-state index contributed by atoms with van der Waals surface area (Å²) in [6, 6.07) is 4.72. The van der Waals surface area contributed by atoms with E-state index in [0.29, 0.717) is 5.56 Å². The highest BCUT2D eigenvalue weighted by atomic mass is 19.1. The molecule has 1 atom stereocenters. The molecule has 0 saturated carbocycles. The Balaban J connectivity index is 1.98. The summed E-state index contributed by atoms with van der Waals surface area (Å²) in [5, 5.41) is 18.9. The molecular formula is C16H17FN4O4. The van der Waals surface area contributed by atoms with Gasteiger partial charge in [-0.15, -0.1) is 11.7 Å². The number of carbonyl (C=O) groups is 2. The number of amides is 1. The van der Waals surface area contributed by atoms with Gasteiger partial charge in [-0.1, -0.05) is 23.4 Å². The molecule has 0 aliphatic rings. The van der Waals surface area contributed by atoms with E-state index < -0.39 is 17.9 Å². The van der Waals surface area contributed by atoms with Gasteiger partial charge in [-0.25, -0.2) is 13.9 Å². The van der Waals surface area contributed by atoms with Crippen LogP contribution in [0.2, 0.25) is 0 Å². The summed E-state index contributed by atoms with van der Waals surface area (Å²) in [5.41, 5.74) is 0.601. The predicted molar refractivity (Wildman–Crippen MR) is 85.4 cm³/mol. The predicted octanol–water partition coefficient (Wildman–Crippen LogP) is 0.851. The molecule has 1 aromatic heterocycles. The molecule has 8 nitrogen and oxygen atoms in total. The van der Waals surface area contributed by atoms with Crippen LogP contribution in [0, 0.1) is 5.82 Å². The van der Waals surface area contributed by atoms with Crippen LogP contribution in [0.15, 0.2) is 43.1 Å². The van der Waals surface area contributed by atoms with Crippen molar-refractivity contribution in [2.45, 2.75) is 12.6 Å². The summed E-state index contributed by atoms with van der Waals surface area (Å²) in [7, 11) is 0. The number of rotatable bonds is 9. The van der Waals surface area contributed by atoms with Crippen LogP contribution in [0.1, 0.15) is 16.1 Å². The van der Waals surface area contributed by atoms with Crippen molar-refractivity contribution in [3.63, 3.8) is 0 Å². The Morgan fingerprint density at radius 1 is 1.48 bits per heavy atom. The van der Waals surface area contributed by atoms with Crippen molar-refractivity contribution < 1.29 is 23.8 Å². The molecule has 0 spiro atoms. The molecule has 0 fully saturated rings. The highest BCUT2D eigenvalue weighted by Crippen LogP contribution is 2.06. The molecule has 2 N–H and O–H groups in total. The molecule has 1 aromatic carbocycles. The maximum absolute atomic E-state index is 13.2. The van der Waals surface area contributed by atoms with Crippen LogP contribution in [0.3, 0.4) is 0 Å². The molecule has 2 aromatic rings. The molecule has 132 valence electrons. The first-order valence-electron chi connectivity index (χ1n) is 7.36. The second-order valence-electron chi connectivity index (χ2n) is 5.12. The fourth-order valence-corrected chi connectivity index (χ4v) is 1.98. The monoisotopic (exact) mass is 348 g/mol. The molecule has 0 bridgehead atoms. The number of carboxylic acid groups (broad SMARTS) is 1. The van der Waals surface area contributed by atoms with Gasteiger partial charge in [0.1, 0.15) is 5.82 Å². The number of nitrogens with zero attached hydrogens (tertiary/aromatic N) is 3. The van der Waals surface area contributed by atoms with Crippen molar-refractivity contribution >= 4 is 11.9 Å². The highest BCUT2D eigenvalue weighted by molar-refractivity contribution is 5.94. The zero-order valence-electron chi connectivity index (χ0n) is 13.3. The van der Waals surface area contributed by atoms with Gasteiger partial charge in [-0.2, -0.15) is 0 Å². The van der Waals surface area contributed by atoms with Gasteiger partial charge in [-0.05, 0) is 17.7 Å². The van der Waals surface area contributed by atoms with E-state index in [0.717, 1.165) is 0 Å². The van der Waals surface area contributed by atoms with Crippen LogP contribution in [-0.2, 0) is 16.1 Å². The average molecular weight is 348 g/mol. The number of aromatic nitrogens is 3. The molecule has 0 saturated heterocycles. The first kappa shape index (κ1) is 18.3. The summed E-state index contributed by atoms with van der Waals surface area (Å²) in [5.74, 6) is -2.30. The second kappa shape index (κ2) is 8.69. The van der Waals surface area contributed by atoms with Crippen LogP contribution in [0.25, 0.3) is 0 Å². The van der Waals surface area contributed by atoms with E-state index in [-0.39, 0.29) is 31.3 Å². The quantitative estimate of drug-likeness (QED) is 0.514. The fourth-order valence-electron chi connectivity index (χ4n) is 1.98. The topological polar surface area (TPSA) is 106 Å². The molecule has 1 heterocycles. The Labute approximate surface area is 142 Å². The van der Waals surface area contributed by atoms with Gasteiger partial charge in [0.05, 0.1) is 26.0 Å². The number of nitrogens with one attached hydrogen (secondary N) is 1. The third kappa shape index (κ3) is 5.50. The highest BCUT2D eigenvalue weighted by Gasteiger charge is 2.22. The SMILES string of the molecule is C=CCOCC(NC(=O)c1cn(Cc2cccc(F)c2)nn1)C(=O)O. The Hall–Kier alpha value is -3.07. The van der Waals surface area contributed by atoms with E-state index >= 15 is 0 Å². The van der Waals surface area contributed by atoms with E-state index in [2.05, 4.69) is 22.2 Å². The minimum absolute atomic E-state index is 0.0497.